The van der Waals surface area contributed by atoms with Gasteiger partial charge in [-0.3, -0.25) is 10.1 Å². The van der Waals surface area contributed by atoms with Crippen molar-refractivity contribution in [2.24, 2.45) is 0 Å². The monoisotopic (exact) mass is 364 g/mol. The molecule has 2 aromatic heterocycles. The SMILES string of the molecule is O=C(OCc1nc2ccccc2o1)c1ccc(-c2ccc([N+](=O)[O-])cc2)o1. The molecule has 0 saturated carbocycles. The van der Waals surface area contributed by atoms with Crippen LogP contribution in [0.4, 0.5) is 5.69 Å². The molecule has 0 amide bonds. The molecule has 2 aromatic carbocycles. The van der Waals surface area contributed by atoms with E-state index in [1.807, 2.05) is 12.1 Å². The van der Waals surface area contributed by atoms with Gasteiger partial charge in [0, 0.05) is 17.7 Å². The fourth-order valence-corrected chi connectivity index (χ4v) is 2.53. The zero-order valence-corrected chi connectivity index (χ0v) is 13.8. The van der Waals surface area contributed by atoms with Crippen LogP contribution in [0, 0.1) is 10.1 Å². The Bertz CT molecular complexity index is 1090. The van der Waals surface area contributed by atoms with Crippen molar-refractivity contribution in [3.8, 4) is 11.3 Å². The minimum absolute atomic E-state index is 0.0134. The third-order valence-corrected chi connectivity index (χ3v) is 3.83. The van der Waals surface area contributed by atoms with Crippen LogP contribution in [0.2, 0.25) is 0 Å². The number of hydrogen-bond acceptors (Lipinski definition) is 7. The van der Waals surface area contributed by atoms with Crippen LogP contribution in [0.5, 0.6) is 0 Å². The highest BCUT2D eigenvalue weighted by Crippen LogP contribution is 2.25. The number of para-hydroxylation sites is 2. The van der Waals surface area contributed by atoms with Crippen LogP contribution >= 0.6 is 0 Å². The molecule has 8 nitrogen and oxygen atoms in total. The number of rotatable bonds is 5. The molecule has 2 heterocycles. The van der Waals surface area contributed by atoms with Crippen molar-refractivity contribution in [1.29, 1.82) is 0 Å². The molecular formula is C19H12N2O6. The smallest absolute Gasteiger partial charge is 0.374 e. The number of non-ortho nitro benzene ring substituents is 1. The first-order chi connectivity index (χ1) is 13.1. The van der Waals surface area contributed by atoms with Gasteiger partial charge in [-0.15, -0.1) is 0 Å². The Hall–Kier alpha value is -3.94. The average molecular weight is 364 g/mol. The van der Waals surface area contributed by atoms with Crippen molar-refractivity contribution in [2.45, 2.75) is 6.61 Å². The van der Waals surface area contributed by atoms with Gasteiger partial charge in [-0.2, -0.15) is 0 Å². The maximum atomic E-state index is 12.1. The van der Waals surface area contributed by atoms with Gasteiger partial charge in [0.05, 0.1) is 4.92 Å². The van der Waals surface area contributed by atoms with Crippen LogP contribution in [0.3, 0.4) is 0 Å². The van der Waals surface area contributed by atoms with Gasteiger partial charge in [-0.25, -0.2) is 9.78 Å². The molecule has 4 aromatic rings. The maximum Gasteiger partial charge on any atom is 0.374 e. The second-order valence-electron chi connectivity index (χ2n) is 5.62. The molecule has 8 heteroatoms. The molecule has 4 rings (SSSR count). The number of ether oxygens (including phenoxy) is 1. The molecule has 27 heavy (non-hydrogen) atoms. The third-order valence-electron chi connectivity index (χ3n) is 3.83. The van der Waals surface area contributed by atoms with Gasteiger partial charge in [0.15, 0.2) is 12.2 Å². The van der Waals surface area contributed by atoms with Gasteiger partial charge < -0.3 is 13.6 Å². The predicted molar refractivity (Wildman–Crippen MR) is 93.9 cm³/mol. The lowest BCUT2D eigenvalue weighted by molar-refractivity contribution is -0.384. The van der Waals surface area contributed by atoms with Crippen LogP contribution in [0.1, 0.15) is 16.4 Å². The summed E-state index contributed by atoms with van der Waals surface area (Å²) in [7, 11) is 0. The normalized spacial score (nSPS) is 10.8. The Morgan fingerprint density at radius 3 is 2.56 bits per heavy atom. The number of furan rings is 1. The number of nitro groups is 1. The lowest BCUT2D eigenvalue weighted by Crippen LogP contribution is -2.04. The topological polar surface area (TPSA) is 109 Å². The van der Waals surface area contributed by atoms with E-state index in [1.165, 1.54) is 18.2 Å². The molecule has 0 aliphatic heterocycles. The van der Waals surface area contributed by atoms with Crippen molar-refractivity contribution >= 4 is 22.8 Å². The number of aromatic nitrogens is 1. The summed E-state index contributed by atoms with van der Waals surface area (Å²) in [6.45, 7) is -0.124. The first kappa shape index (κ1) is 16.5. The van der Waals surface area contributed by atoms with Crippen LogP contribution in [-0.4, -0.2) is 15.9 Å². The number of nitro benzene ring substituents is 1. The molecular weight excluding hydrogens is 352 g/mol. The van der Waals surface area contributed by atoms with Gasteiger partial charge in [0.25, 0.3) is 5.69 Å². The molecule has 0 unspecified atom stereocenters. The van der Waals surface area contributed by atoms with E-state index in [4.69, 9.17) is 13.6 Å². The Morgan fingerprint density at radius 1 is 1.04 bits per heavy atom. The van der Waals surface area contributed by atoms with E-state index in [0.717, 1.165) is 0 Å². The highest BCUT2D eigenvalue weighted by molar-refractivity contribution is 5.87. The number of hydrogen-bond donors (Lipinski definition) is 0. The predicted octanol–water partition coefficient (Wildman–Crippen LogP) is 4.35. The van der Waals surface area contributed by atoms with E-state index in [2.05, 4.69) is 4.98 Å². The van der Waals surface area contributed by atoms with Crippen LogP contribution < -0.4 is 0 Å². The summed E-state index contributed by atoms with van der Waals surface area (Å²) in [5.74, 6) is 0.0373. The average Bonchev–Trinajstić information content (AvgIpc) is 3.33. The lowest BCUT2D eigenvalue weighted by atomic mass is 10.1. The van der Waals surface area contributed by atoms with Crippen molar-refractivity contribution in [1.82, 2.24) is 4.98 Å². The number of benzene rings is 2. The minimum Gasteiger partial charge on any atom is -0.450 e. The first-order valence-corrected chi connectivity index (χ1v) is 7.96. The second kappa shape index (κ2) is 6.75. The van der Waals surface area contributed by atoms with Crippen molar-refractivity contribution in [3.63, 3.8) is 0 Å². The molecule has 0 aliphatic rings. The van der Waals surface area contributed by atoms with Crippen molar-refractivity contribution < 1.29 is 23.3 Å². The van der Waals surface area contributed by atoms with E-state index in [-0.39, 0.29) is 23.9 Å². The number of carbonyl (C=O) groups excluding carboxylic acids is 1. The maximum absolute atomic E-state index is 12.1. The Morgan fingerprint density at radius 2 is 1.81 bits per heavy atom. The zero-order valence-electron chi connectivity index (χ0n) is 13.8. The van der Waals surface area contributed by atoms with E-state index in [0.29, 0.717) is 22.4 Å². The van der Waals surface area contributed by atoms with E-state index < -0.39 is 10.9 Å². The number of carbonyl (C=O) groups is 1. The summed E-state index contributed by atoms with van der Waals surface area (Å²) in [4.78, 5) is 26.6. The largest absolute Gasteiger partial charge is 0.450 e. The summed E-state index contributed by atoms with van der Waals surface area (Å²) in [6, 6.07) is 16.1. The first-order valence-electron chi connectivity index (χ1n) is 7.96. The van der Waals surface area contributed by atoms with Crippen LogP contribution in [0.25, 0.3) is 22.4 Å². The highest BCUT2D eigenvalue weighted by atomic mass is 16.6. The van der Waals surface area contributed by atoms with Gasteiger partial charge in [0.2, 0.25) is 11.7 Å². The number of nitrogens with zero attached hydrogens (tertiary/aromatic N) is 2. The second-order valence-corrected chi connectivity index (χ2v) is 5.62. The van der Waals surface area contributed by atoms with Gasteiger partial charge in [-0.1, -0.05) is 12.1 Å². The molecule has 0 atom stereocenters. The summed E-state index contributed by atoms with van der Waals surface area (Å²) >= 11 is 0. The molecule has 0 spiro atoms. The minimum atomic E-state index is -0.662. The summed E-state index contributed by atoms with van der Waals surface area (Å²) < 4.78 is 16.1. The van der Waals surface area contributed by atoms with Gasteiger partial charge in [0.1, 0.15) is 11.3 Å². The molecule has 0 bridgehead atoms. The fraction of sp³-hybridized carbons (Fsp3) is 0.0526. The molecule has 0 fully saturated rings. The summed E-state index contributed by atoms with van der Waals surface area (Å²) in [6.07, 6.45) is 0. The molecule has 134 valence electrons. The number of fused-ring (bicyclic) bond motifs is 1. The van der Waals surface area contributed by atoms with E-state index in [9.17, 15) is 14.9 Å². The Kier molecular flexibility index (Phi) is 4.13. The quantitative estimate of drug-likeness (QED) is 0.294. The van der Waals surface area contributed by atoms with Crippen molar-refractivity contribution in [3.05, 3.63) is 82.4 Å². The molecule has 0 N–H and O–H groups in total. The van der Waals surface area contributed by atoms with E-state index >= 15 is 0 Å². The van der Waals surface area contributed by atoms with E-state index in [1.54, 1.807) is 30.3 Å². The molecule has 0 saturated heterocycles. The fourth-order valence-electron chi connectivity index (χ4n) is 2.53. The summed E-state index contributed by atoms with van der Waals surface area (Å²) in [5, 5.41) is 10.7. The molecule has 0 aliphatic carbocycles. The standard InChI is InChI=1S/C19H12N2O6/c22-19(25-11-18-20-14-3-1-2-4-16(14)27-18)17-10-9-15(26-17)12-5-7-13(8-6-12)21(23)24/h1-10H,11H2. The van der Waals surface area contributed by atoms with Gasteiger partial charge in [-0.05, 0) is 36.4 Å². The highest BCUT2D eigenvalue weighted by Gasteiger charge is 2.16. The Labute approximate surface area is 152 Å². The summed E-state index contributed by atoms with van der Waals surface area (Å²) in [5.41, 5.74) is 1.88. The Balaban J connectivity index is 1.44. The zero-order chi connectivity index (χ0) is 18.8. The number of oxazole rings is 1. The van der Waals surface area contributed by atoms with Crippen LogP contribution in [-0.2, 0) is 11.3 Å². The lowest BCUT2D eigenvalue weighted by Gasteiger charge is -2.00. The van der Waals surface area contributed by atoms with Crippen molar-refractivity contribution in [2.75, 3.05) is 0 Å². The number of esters is 1. The third kappa shape index (κ3) is 3.40. The molecule has 0 radical (unpaired) electrons. The van der Waals surface area contributed by atoms with Crippen LogP contribution in [0.15, 0.2) is 69.5 Å². The van der Waals surface area contributed by atoms with Gasteiger partial charge >= 0.3 is 5.97 Å².